The maximum atomic E-state index is 12.0. The number of hydrogen-bond acceptors (Lipinski definition) is 7. The Morgan fingerprint density at radius 3 is 2.84 bits per heavy atom. The topological polar surface area (TPSA) is 75.9 Å². The zero-order chi connectivity index (χ0) is 22.0. The molecule has 1 unspecified atom stereocenters. The minimum absolute atomic E-state index is 0.191. The first-order valence-corrected chi connectivity index (χ1v) is 10.9. The number of nitrogens with zero attached hydrogens (tertiary/aromatic N) is 6. The molecule has 0 saturated carbocycles. The van der Waals surface area contributed by atoms with Gasteiger partial charge in [0.2, 0.25) is 0 Å². The molecule has 0 N–H and O–H groups in total. The maximum Gasteiger partial charge on any atom is 0.306 e. The molecule has 8 heteroatoms. The van der Waals surface area contributed by atoms with Gasteiger partial charge in [-0.1, -0.05) is 12.1 Å². The molecule has 0 amide bonds. The van der Waals surface area contributed by atoms with E-state index >= 15 is 0 Å². The van der Waals surface area contributed by atoms with Crippen molar-refractivity contribution in [2.24, 2.45) is 0 Å². The minimum atomic E-state index is -0.191. The number of fused-ring (bicyclic) bond motifs is 1. The number of ether oxygens (including phenoxy) is 1. The molecule has 4 rings (SSSR count). The van der Waals surface area contributed by atoms with Crippen molar-refractivity contribution in [2.45, 2.75) is 46.6 Å². The number of hydrogen-bond donors (Lipinski definition) is 0. The monoisotopic (exact) mass is 422 g/mol. The standard InChI is InChI=1S/C23H30N6O2/c1-5-31-21(30)10-9-20-18(4)26-23-24-15-25-29(23)22(20)27-11-12-28(17(3)14-27)19-8-6-7-16(2)13-19/h6-8,13,15,17H,5,9-12,14H2,1-4H3. The molecule has 0 aliphatic carbocycles. The van der Waals surface area contributed by atoms with Crippen molar-refractivity contribution in [3.05, 3.63) is 47.4 Å². The van der Waals surface area contributed by atoms with Gasteiger partial charge in [-0.25, -0.2) is 4.98 Å². The van der Waals surface area contributed by atoms with E-state index in [-0.39, 0.29) is 5.97 Å². The highest BCUT2D eigenvalue weighted by Crippen LogP contribution is 2.29. The number of carbonyl (C=O) groups is 1. The lowest BCUT2D eigenvalue weighted by atomic mass is 10.1. The molecule has 1 aliphatic rings. The van der Waals surface area contributed by atoms with Crippen LogP contribution in [0, 0.1) is 13.8 Å². The lowest BCUT2D eigenvalue weighted by Crippen LogP contribution is -2.53. The normalized spacial score (nSPS) is 16.7. The van der Waals surface area contributed by atoms with Crippen molar-refractivity contribution in [3.8, 4) is 0 Å². The summed E-state index contributed by atoms with van der Waals surface area (Å²) in [7, 11) is 0. The van der Waals surface area contributed by atoms with Gasteiger partial charge in [0.05, 0.1) is 6.61 Å². The number of carbonyl (C=O) groups excluding carboxylic acids is 1. The van der Waals surface area contributed by atoms with Gasteiger partial charge >= 0.3 is 5.97 Å². The highest BCUT2D eigenvalue weighted by atomic mass is 16.5. The van der Waals surface area contributed by atoms with Crippen LogP contribution in [0.5, 0.6) is 0 Å². The van der Waals surface area contributed by atoms with Crippen molar-refractivity contribution in [1.82, 2.24) is 19.6 Å². The van der Waals surface area contributed by atoms with E-state index in [2.05, 4.69) is 63.0 Å². The van der Waals surface area contributed by atoms with E-state index in [0.29, 0.717) is 31.3 Å². The van der Waals surface area contributed by atoms with E-state index in [1.54, 1.807) is 0 Å². The van der Waals surface area contributed by atoms with E-state index in [0.717, 1.165) is 36.7 Å². The van der Waals surface area contributed by atoms with Crippen LogP contribution in [0.1, 0.15) is 37.1 Å². The summed E-state index contributed by atoms with van der Waals surface area (Å²) < 4.78 is 6.94. The summed E-state index contributed by atoms with van der Waals surface area (Å²) in [5, 5.41) is 4.44. The van der Waals surface area contributed by atoms with Gasteiger partial charge in [-0.2, -0.15) is 14.6 Å². The first-order chi connectivity index (χ1) is 15.0. The number of aromatic nitrogens is 4. The quantitative estimate of drug-likeness (QED) is 0.565. The molecule has 0 radical (unpaired) electrons. The molecule has 8 nitrogen and oxygen atoms in total. The van der Waals surface area contributed by atoms with Crippen LogP contribution in [0.15, 0.2) is 30.6 Å². The van der Waals surface area contributed by atoms with E-state index in [9.17, 15) is 4.79 Å². The van der Waals surface area contributed by atoms with E-state index in [1.165, 1.54) is 17.6 Å². The Morgan fingerprint density at radius 1 is 1.26 bits per heavy atom. The predicted molar refractivity (Wildman–Crippen MR) is 121 cm³/mol. The molecular formula is C23H30N6O2. The molecule has 1 aromatic carbocycles. The number of aryl methyl sites for hydroxylation is 2. The van der Waals surface area contributed by atoms with Crippen molar-refractivity contribution in [1.29, 1.82) is 0 Å². The van der Waals surface area contributed by atoms with Crippen LogP contribution in [0.3, 0.4) is 0 Å². The summed E-state index contributed by atoms with van der Waals surface area (Å²) in [6.07, 6.45) is 2.42. The van der Waals surface area contributed by atoms with E-state index in [1.807, 2.05) is 18.4 Å². The molecule has 31 heavy (non-hydrogen) atoms. The molecule has 0 bridgehead atoms. The van der Waals surface area contributed by atoms with Crippen LogP contribution in [-0.2, 0) is 16.0 Å². The van der Waals surface area contributed by atoms with E-state index < -0.39 is 0 Å². The highest BCUT2D eigenvalue weighted by molar-refractivity contribution is 5.70. The second kappa shape index (κ2) is 8.91. The minimum Gasteiger partial charge on any atom is -0.466 e. The fraction of sp³-hybridized carbons (Fsp3) is 0.478. The second-order valence-corrected chi connectivity index (χ2v) is 8.10. The lowest BCUT2D eigenvalue weighted by molar-refractivity contribution is -0.143. The van der Waals surface area contributed by atoms with Gasteiger partial charge in [0.1, 0.15) is 12.1 Å². The van der Waals surface area contributed by atoms with Gasteiger partial charge in [-0.05, 0) is 51.8 Å². The van der Waals surface area contributed by atoms with Crippen molar-refractivity contribution < 1.29 is 9.53 Å². The SMILES string of the molecule is CCOC(=O)CCc1c(C)nc2ncnn2c1N1CCN(c2cccc(C)c2)C(C)C1. The first kappa shape index (κ1) is 21.1. The smallest absolute Gasteiger partial charge is 0.306 e. The molecule has 3 heterocycles. The zero-order valence-electron chi connectivity index (χ0n) is 18.7. The molecule has 1 saturated heterocycles. The molecule has 1 aliphatic heterocycles. The summed E-state index contributed by atoms with van der Waals surface area (Å²) in [5.41, 5.74) is 4.43. The first-order valence-electron chi connectivity index (χ1n) is 10.9. The number of piperazine rings is 1. The third-order valence-electron chi connectivity index (χ3n) is 5.85. The highest BCUT2D eigenvalue weighted by Gasteiger charge is 2.28. The molecule has 3 aromatic rings. The van der Waals surface area contributed by atoms with Crippen LogP contribution in [-0.4, -0.2) is 57.8 Å². The Hall–Kier alpha value is -3.16. The molecule has 0 spiro atoms. The average Bonchev–Trinajstić information content (AvgIpc) is 3.19. The fourth-order valence-corrected chi connectivity index (χ4v) is 4.39. The summed E-state index contributed by atoms with van der Waals surface area (Å²) in [5.74, 6) is 1.38. The number of esters is 1. The molecular weight excluding hydrogens is 392 g/mol. The van der Waals surface area contributed by atoms with Crippen LogP contribution >= 0.6 is 0 Å². The van der Waals surface area contributed by atoms with Gasteiger partial charge in [-0.15, -0.1) is 0 Å². The predicted octanol–water partition coefficient (Wildman–Crippen LogP) is 2.95. The number of anilines is 2. The van der Waals surface area contributed by atoms with Gasteiger partial charge in [0, 0.05) is 49.0 Å². The maximum absolute atomic E-state index is 12.0. The van der Waals surface area contributed by atoms with Crippen LogP contribution in [0.4, 0.5) is 11.5 Å². The van der Waals surface area contributed by atoms with Crippen molar-refractivity contribution in [2.75, 3.05) is 36.0 Å². The molecule has 1 fully saturated rings. The Labute approximate surface area is 182 Å². The van der Waals surface area contributed by atoms with Crippen LogP contribution < -0.4 is 9.80 Å². The van der Waals surface area contributed by atoms with Crippen LogP contribution in [0.2, 0.25) is 0 Å². The van der Waals surface area contributed by atoms with Crippen molar-refractivity contribution in [3.63, 3.8) is 0 Å². The summed E-state index contributed by atoms with van der Waals surface area (Å²) in [6.45, 7) is 11.2. The molecule has 164 valence electrons. The molecule has 2 aromatic heterocycles. The van der Waals surface area contributed by atoms with Gasteiger partial charge in [-0.3, -0.25) is 4.79 Å². The number of rotatable bonds is 6. The van der Waals surface area contributed by atoms with E-state index in [4.69, 9.17) is 4.74 Å². The largest absolute Gasteiger partial charge is 0.466 e. The Kier molecular flexibility index (Phi) is 6.06. The second-order valence-electron chi connectivity index (χ2n) is 8.10. The summed E-state index contributed by atoms with van der Waals surface area (Å²) in [6, 6.07) is 8.98. The average molecular weight is 423 g/mol. The third kappa shape index (κ3) is 4.33. The van der Waals surface area contributed by atoms with Crippen molar-refractivity contribution >= 4 is 23.3 Å². The lowest BCUT2D eigenvalue weighted by Gasteiger charge is -2.42. The summed E-state index contributed by atoms with van der Waals surface area (Å²) >= 11 is 0. The fourth-order valence-electron chi connectivity index (χ4n) is 4.39. The van der Waals surface area contributed by atoms with Crippen LogP contribution in [0.25, 0.3) is 5.78 Å². The van der Waals surface area contributed by atoms with Gasteiger partial charge < -0.3 is 14.5 Å². The summed E-state index contributed by atoms with van der Waals surface area (Å²) in [4.78, 5) is 25.7. The zero-order valence-corrected chi connectivity index (χ0v) is 18.7. The van der Waals surface area contributed by atoms with Gasteiger partial charge in [0.15, 0.2) is 0 Å². The molecule has 1 atom stereocenters. The number of benzene rings is 1. The Morgan fingerprint density at radius 2 is 2.10 bits per heavy atom. The third-order valence-corrected chi connectivity index (χ3v) is 5.85. The Balaban J connectivity index is 1.63. The Bertz CT molecular complexity index is 1080. The van der Waals surface area contributed by atoms with Gasteiger partial charge in [0.25, 0.3) is 5.78 Å².